The fraction of sp³-hybridized carbons (Fsp3) is 0.364. The second-order valence-electron chi connectivity index (χ2n) is 3.37. The molecule has 76 valence electrons. The molecule has 1 rings (SSSR count). The Labute approximate surface area is 89.3 Å². The zero-order valence-corrected chi connectivity index (χ0v) is 9.35. The minimum atomic E-state index is -0.506. The van der Waals surface area contributed by atoms with E-state index < -0.39 is 5.38 Å². The van der Waals surface area contributed by atoms with Crippen molar-refractivity contribution in [3.8, 4) is 0 Å². The SMILES string of the molecule is Cc1cccc(C)c1NC(=O)[C@H](C)Cl. The highest BCUT2D eigenvalue weighted by Gasteiger charge is 2.11. The molecule has 3 heteroatoms. The van der Waals surface area contributed by atoms with Crippen LogP contribution in [0.3, 0.4) is 0 Å². The van der Waals surface area contributed by atoms with Gasteiger partial charge in [0.25, 0.3) is 0 Å². The number of aryl methyl sites for hydroxylation is 2. The largest absolute Gasteiger partial charge is 0.324 e. The number of halogens is 1. The maximum absolute atomic E-state index is 11.4. The fourth-order valence-electron chi connectivity index (χ4n) is 1.23. The van der Waals surface area contributed by atoms with E-state index in [2.05, 4.69) is 5.32 Å². The number of carbonyl (C=O) groups is 1. The van der Waals surface area contributed by atoms with Gasteiger partial charge < -0.3 is 5.32 Å². The number of carbonyl (C=O) groups excluding carboxylic acids is 1. The third-order valence-electron chi connectivity index (χ3n) is 2.09. The molecule has 0 bridgehead atoms. The minimum Gasteiger partial charge on any atom is -0.324 e. The minimum absolute atomic E-state index is 0.163. The number of benzene rings is 1. The molecule has 0 aliphatic heterocycles. The van der Waals surface area contributed by atoms with E-state index >= 15 is 0 Å². The molecule has 0 aromatic heterocycles. The third-order valence-corrected chi connectivity index (χ3v) is 2.29. The van der Waals surface area contributed by atoms with Crippen molar-refractivity contribution >= 4 is 23.2 Å². The molecule has 0 radical (unpaired) electrons. The summed E-state index contributed by atoms with van der Waals surface area (Å²) in [5.41, 5.74) is 2.97. The zero-order valence-electron chi connectivity index (χ0n) is 8.60. The molecule has 0 unspecified atom stereocenters. The molecule has 2 nitrogen and oxygen atoms in total. The normalized spacial score (nSPS) is 12.3. The first-order valence-corrected chi connectivity index (χ1v) is 4.97. The Kier molecular flexibility index (Phi) is 3.53. The van der Waals surface area contributed by atoms with Crippen LogP contribution in [0.15, 0.2) is 18.2 Å². The van der Waals surface area contributed by atoms with Crippen LogP contribution in [0.4, 0.5) is 5.69 Å². The van der Waals surface area contributed by atoms with Gasteiger partial charge in [-0.15, -0.1) is 11.6 Å². The zero-order chi connectivity index (χ0) is 10.7. The van der Waals surface area contributed by atoms with Gasteiger partial charge in [-0.3, -0.25) is 4.79 Å². The topological polar surface area (TPSA) is 29.1 Å². The van der Waals surface area contributed by atoms with Gasteiger partial charge in [-0.2, -0.15) is 0 Å². The number of hydrogen-bond acceptors (Lipinski definition) is 1. The van der Waals surface area contributed by atoms with Crippen molar-refractivity contribution in [3.63, 3.8) is 0 Å². The van der Waals surface area contributed by atoms with Gasteiger partial charge in [0.1, 0.15) is 5.38 Å². The van der Waals surface area contributed by atoms with Crippen LogP contribution in [0.5, 0.6) is 0 Å². The Morgan fingerprint density at radius 3 is 2.29 bits per heavy atom. The molecule has 1 aromatic carbocycles. The maximum atomic E-state index is 11.4. The molecule has 1 atom stereocenters. The van der Waals surface area contributed by atoms with Gasteiger partial charge in [-0.1, -0.05) is 18.2 Å². The van der Waals surface area contributed by atoms with Crippen LogP contribution >= 0.6 is 11.6 Å². The second kappa shape index (κ2) is 4.47. The summed E-state index contributed by atoms with van der Waals surface area (Å²) in [6, 6.07) is 5.88. The molecule has 0 saturated heterocycles. The van der Waals surface area contributed by atoms with Gasteiger partial charge >= 0.3 is 0 Å². The van der Waals surface area contributed by atoms with E-state index in [9.17, 15) is 4.79 Å². The number of rotatable bonds is 2. The lowest BCUT2D eigenvalue weighted by Gasteiger charge is -2.11. The molecule has 1 aromatic rings. The highest BCUT2D eigenvalue weighted by molar-refractivity contribution is 6.32. The molecule has 0 fully saturated rings. The predicted octanol–water partition coefficient (Wildman–Crippen LogP) is 2.87. The standard InChI is InChI=1S/C11H14ClNO/c1-7-5-4-6-8(2)10(7)13-11(14)9(3)12/h4-6,9H,1-3H3,(H,13,14)/t9-/m0/s1. The van der Waals surface area contributed by atoms with Gasteiger partial charge in [-0.05, 0) is 31.9 Å². The van der Waals surface area contributed by atoms with E-state index in [1.807, 2.05) is 32.0 Å². The quantitative estimate of drug-likeness (QED) is 0.749. The monoisotopic (exact) mass is 211 g/mol. The van der Waals surface area contributed by atoms with Gasteiger partial charge in [-0.25, -0.2) is 0 Å². The summed E-state index contributed by atoms with van der Waals surface area (Å²) >= 11 is 5.67. The third kappa shape index (κ3) is 2.48. The molecular weight excluding hydrogens is 198 g/mol. The van der Waals surface area contributed by atoms with E-state index in [1.165, 1.54) is 0 Å². The first-order chi connectivity index (χ1) is 6.52. The second-order valence-corrected chi connectivity index (χ2v) is 4.03. The van der Waals surface area contributed by atoms with Crippen LogP contribution in [-0.2, 0) is 4.79 Å². The maximum Gasteiger partial charge on any atom is 0.242 e. The molecule has 1 amide bonds. The Balaban J connectivity index is 2.91. The average molecular weight is 212 g/mol. The predicted molar refractivity (Wildman–Crippen MR) is 59.9 cm³/mol. The van der Waals surface area contributed by atoms with E-state index in [0.717, 1.165) is 16.8 Å². The van der Waals surface area contributed by atoms with E-state index in [-0.39, 0.29) is 5.91 Å². The fourth-order valence-corrected chi connectivity index (χ4v) is 1.29. The summed E-state index contributed by atoms with van der Waals surface area (Å²) in [6.45, 7) is 5.58. The molecule has 0 spiro atoms. The number of hydrogen-bond donors (Lipinski definition) is 1. The van der Waals surface area contributed by atoms with Crippen LogP contribution in [0.25, 0.3) is 0 Å². The van der Waals surface area contributed by atoms with Crippen LogP contribution in [0, 0.1) is 13.8 Å². The highest BCUT2D eigenvalue weighted by Crippen LogP contribution is 2.19. The van der Waals surface area contributed by atoms with Crippen molar-refractivity contribution in [1.29, 1.82) is 0 Å². The number of alkyl halides is 1. The van der Waals surface area contributed by atoms with Crippen LogP contribution in [0.2, 0.25) is 0 Å². The van der Waals surface area contributed by atoms with Gasteiger partial charge in [0, 0.05) is 5.69 Å². The van der Waals surface area contributed by atoms with Gasteiger partial charge in [0.2, 0.25) is 5.91 Å². The molecule has 0 heterocycles. The summed E-state index contributed by atoms with van der Waals surface area (Å²) in [5, 5.41) is 2.30. The van der Waals surface area contributed by atoms with Crippen molar-refractivity contribution in [3.05, 3.63) is 29.3 Å². The van der Waals surface area contributed by atoms with Crippen molar-refractivity contribution in [2.45, 2.75) is 26.1 Å². The van der Waals surface area contributed by atoms with Gasteiger partial charge in [0.05, 0.1) is 0 Å². The number of para-hydroxylation sites is 1. The molecule has 0 aliphatic rings. The lowest BCUT2D eigenvalue weighted by molar-refractivity contribution is -0.115. The number of amides is 1. The van der Waals surface area contributed by atoms with Crippen LogP contribution < -0.4 is 5.32 Å². The Morgan fingerprint density at radius 2 is 1.86 bits per heavy atom. The summed E-state index contributed by atoms with van der Waals surface area (Å²) in [7, 11) is 0. The van der Waals surface area contributed by atoms with E-state index in [1.54, 1.807) is 6.92 Å². The Bertz CT molecular complexity index is 327. The number of nitrogens with one attached hydrogen (secondary N) is 1. The first kappa shape index (κ1) is 11.1. The molecular formula is C11H14ClNO. The van der Waals surface area contributed by atoms with Crippen molar-refractivity contribution in [2.24, 2.45) is 0 Å². The summed E-state index contributed by atoms with van der Waals surface area (Å²) in [4.78, 5) is 11.4. The van der Waals surface area contributed by atoms with E-state index in [0.29, 0.717) is 0 Å². The van der Waals surface area contributed by atoms with Crippen molar-refractivity contribution in [1.82, 2.24) is 0 Å². The van der Waals surface area contributed by atoms with E-state index in [4.69, 9.17) is 11.6 Å². The molecule has 14 heavy (non-hydrogen) atoms. The summed E-state index contributed by atoms with van der Waals surface area (Å²) in [6.07, 6.45) is 0. The molecule has 0 aliphatic carbocycles. The van der Waals surface area contributed by atoms with Crippen LogP contribution in [-0.4, -0.2) is 11.3 Å². The molecule has 1 N–H and O–H groups in total. The highest BCUT2D eigenvalue weighted by atomic mass is 35.5. The lowest BCUT2D eigenvalue weighted by atomic mass is 10.1. The smallest absolute Gasteiger partial charge is 0.242 e. The summed E-state index contributed by atoms with van der Waals surface area (Å²) in [5.74, 6) is -0.163. The average Bonchev–Trinajstić information content (AvgIpc) is 2.11. The lowest BCUT2D eigenvalue weighted by Crippen LogP contribution is -2.21. The Hall–Kier alpha value is -1.02. The van der Waals surface area contributed by atoms with Crippen molar-refractivity contribution in [2.75, 3.05) is 5.32 Å². The molecule has 0 saturated carbocycles. The van der Waals surface area contributed by atoms with Crippen LogP contribution in [0.1, 0.15) is 18.1 Å². The van der Waals surface area contributed by atoms with Gasteiger partial charge in [0.15, 0.2) is 0 Å². The number of anilines is 1. The Morgan fingerprint density at radius 1 is 1.36 bits per heavy atom. The first-order valence-electron chi connectivity index (χ1n) is 4.53. The van der Waals surface area contributed by atoms with Crippen molar-refractivity contribution < 1.29 is 4.79 Å². The summed E-state index contributed by atoms with van der Waals surface area (Å²) < 4.78 is 0.